The Morgan fingerprint density at radius 2 is 1.79 bits per heavy atom. The number of nitrogen functional groups attached to an aromatic ring is 1. The van der Waals surface area contributed by atoms with Gasteiger partial charge < -0.3 is 25.2 Å². The Kier molecular flexibility index (Phi) is 6.58. The molecule has 0 amide bonds. The summed E-state index contributed by atoms with van der Waals surface area (Å²) in [5.41, 5.74) is 6.72. The van der Waals surface area contributed by atoms with Gasteiger partial charge in [0.25, 0.3) is 0 Å². The summed E-state index contributed by atoms with van der Waals surface area (Å²) in [6.07, 6.45) is -2.47. The first kappa shape index (κ1) is 22.7. The maximum atomic E-state index is 12.3. The molecule has 2 aromatic heterocycles. The van der Waals surface area contributed by atoms with Gasteiger partial charge in [-0.3, -0.25) is 0 Å². The van der Waals surface area contributed by atoms with Gasteiger partial charge in [0.15, 0.2) is 0 Å². The molecule has 3 aromatic rings. The summed E-state index contributed by atoms with van der Waals surface area (Å²) in [4.78, 5) is 18.7. The monoisotopic (exact) mass is 464 g/mol. The van der Waals surface area contributed by atoms with Crippen molar-refractivity contribution in [2.24, 2.45) is 0 Å². The van der Waals surface area contributed by atoms with Crippen LogP contribution in [0.25, 0.3) is 11.6 Å². The standard InChI is InChI=1S/C20H23F3N8O2/c1-31(13-5-3-2-4-6-13)18-27-15(26-17(24)29-18)16-28-19(33-30-16)25-12-7-9-14(10-8-12)32-11-20(21,22)23/h2-6,12,14H,7-11H2,1H3,(H,25,28,30)(H2,24,26,27,29)/t12-,14-. The van der Waals surface area contributed by atoms with Gasteiger partial charge in [-0.25, -0.2) is 0 Å². The third kappa shape index (κ3) is 6.06. The second kappa shape index (κ2) is 9.57. The van der Waals surface area contributed by atoms with Gasteiger partial charge in [0.05, 0.1) is 6.10 Å². The van der Waals surface area contributed by atoms with E-state index in [4.69, 9.17) is 15.0 Å². The molecule has 0 aliphatic heterocycles. The second-order valence-corrected chi connectivity index (χ2v) is 7.68. The number of hydrogen-bond acceptors (Lipinski definition) is 10. The molecule has 4 rings (SSSR count). The molecule has 1 aliphatic carbocycles. The van der Waals surface area contributed by atoms with E-state index in [2.05, 4.69) is 30.4 Å². The number of hydrogen-bond donors (Lipinski definition) is 2. The van der Waals surface area contributed by atoms with E-state index in [0.717, 1.165) is 5.69 Å². The summed E-state index contributed by atoms with van der Waals surface area (Å²) in [6, 6.07) is 9.64. The first-order valence-corrected chi connectivity index (χ1v) is 10.4. The van der Waals surface area contributed by atoms with Crippen molar-refractivity contribution >= 4 is 23.6 Å². The number of nitrogens with zero attached hydrogens (tertiary/aromatic N) is 6. The van der Waals surface area contributed by atoms with Gasteiger partial charge >= 0.3 is 12.2 Å². The summed E-state index contributed by atoms with van der Waals surface area (Å²) in [7, 11) is 1.80. The third-order valence-corrected chi connectivity index (χ3v) is 5.19. The summed E-state index contributed by atoms with van der Waals surface area (Å²) in [5.74, 6) is 0.618. The number of benzene rings is 1. The third-order valence-electron chi connectivity index (χ3n) is 5.19. The molecule has 3 N–H and O–H groups in total. The van der Waals surface area contributed by atoms with Crippen LogP contribution >= 0.6 is 0 Å². The van der Waals surface area contributed by atoms with Crippen molar-refractivity contribution in [3.05, 3.63) is 30.3 Å². The van der Waals surface area contributed by atoms with E-state index in [-0.39, 0.29) is 29.7 Å². The van der Waals surface area contributed by atoms with Gasteiger partial charge in [-0.05, 0) is 37.8 Å². The Morgan fingerprint density at radius 1 is 1.06 bits per heavy atom. The predicted molar refractivity (Wildman–Crippen MR) is 114 cm³/mol. The van der Waals surface area contributed by atoms with Crippen LogP contribution in [0.3, 0.4) is 0 Å². The lowest BCUT2D eigenvalue weighted by Gasteiger charge is -2.28. The minimum absolute atomic E-state index is 0.00858. The lowest BCUT2D eigenvalue weighted by Crippen LogP contribution is -2.32. The van der Waals surface area contributed by atoms with Crippen molar-refractivity contribution in [3.63, 3.8) is 0 Å². The minimum Gasteiger partial charge on any atom is -0.369 e. The highest BCUT2D eigenvalue weighted by Gasteiger charge is 2.31. The number of anilines is 4. The predicted octanol–water partition coefficient (Wildman–Crippen LogP) is 3.57. The van der Waals surface area contributed by atoms with Crippen LogP contribution in [0.2, 0.25) is 0 Å². The molecule has 10 nitrogen and oxygen atoms in total. The highest BCUT2D eigenvalue weighted by atomic mass is 19.4. The van der Waals surface area contributed by atoms with Gasteiger partial charge in [-0.15, -0.1) is 0 Å². The summed E-state index contributed by atoms with van der Waals surface area (Å²) >= 11 is 0. The minimum atomic E-state index is -4.32. The molecular formula is C20H23F3N8O2. The molecular weight excluding hydrogens is 441 g/mol. The van der Waals surface area contributed by atoms with Crippen LogP contribution in [0.1, 0.15) is 25.7 Å². The zero-order chi connectivity index (χ0) is 23.4. The maximum absolute atomic E-state index is 12.3. The molecule has 1 aromatic carbocycles. The van der Waals surface area contributed by atoms with Crippen molar-refractivity contribution in [1.82, 2.24) is 25.1 Å². The zero-order valence-electron chi connectivity index (χ0n) is 17.8. The largest absolute Gasteiger partial charge is 0.411 e. The Labute approximate surface area is 187 Å². The van der Waals surface area contributed by atoms with Crippen molar-refractivity contribution < 1.29 is 22.4 Å². The average Bonchev–Trinajstić information content (AvgIpc) is 3.26. The number of nitrogens with two attached hydrogens (primary N) is 1. The zero-order valence-corrected chi connectivity index (χ0v) is 17.8. The van der Waals surface area contributed by atoms with Gasteiger partial charge in [-0.2, -0.15) is 33.1 Å². The molecule has 1 fully saturated rings. The van der Waals surface area contributed by atoms with Gasteiger partial charge in [0.1, 0.15) is 6.61 Å². The first-order chi connectivity index (χ1) is 15.8. The fourth-order valence-electron chi connectivity index (χ4n) is 3.53. The van der Waals surface area contributed by atoms with Crippen LogP contribution < -0.4 is 16.0 Å². The van der Waals surface area contributed by atoms with Crippen molar-refractivity contribution in [1.29, 1.82) is 0 Å². The molecule has 0 saturated heterocycles. The van der Waals surface area contributed by atoms with E-state index >= 15 is 0 Å². The Balaban J connectivity index is 1.38. The summed E-state index contributed by atoms with van der Waals surface area (Å²) < 4.78 is 47.1. The molecule has 0 spiro atoms. The van der Waals surface area contributed by atoms with Crippen molar-refractivity contribution in [3.8, 4) is 11.6 Å². The van der Waals surface area contributed by atoms with Crippen LogP contribution in [-0.4, -0.2) is 57.1 Å². The number of halogens is 3. The molecule has 0 radical (unpaired) electrons. The lowest BCUT2D eigenvalue weighted by atomic mass is 9.93. The fourth-order valence-corrected chi connectivity index (χ4v) is 3.53. The SMILES string of the molecule is CN(c1ccccc1)c1nc(N)nc(-c2noc(N[C@H]3CC[C@H](OCC(F)(F)F)CC3)n2)n1. The second-order valence-electron chi connectivity index (χ2n) is 7.68. The van der Waals surface area contributed by atoms with Crippen LogP contribution in [0.5, 0.6) is 0 Å². The van der Waals surface area contributed by atoms with Crippen molar-refractivity contribution in [2.75, 3.05) is 29.6 Å². The van der Waals surface area contributed by atoms with Gasteiger partial charge in [0, 0.05) is 18.8 Å². The van der Waals surface area contributed by atoms with Crippen molar-refractivity contribution in [2.45, 2.75) is 44.0 Å². The number of rotatable bonds is 7. The Bertz CT molecular complexity index is 1050. The molecule has 0 atom stereocenters. The van der Waals surface area contributed by atoms with E-state index in [9.17, 15) is 13.2 Å². The molecule has 1 saturated carbocycles. The maximum Gasteiger partial charge on any atom is 0.411 e. The molecule has 176 valence electrons. The van der Waals surface area contributed by atoms with Crippen LogP contribution in [-0.2, 0) is 4.74 Å². The molecule has 0 unspecified atom stereocenters. The highest BCUT2D eigenvalue weighted by Crippen LogP contribution is 2.27. The average molecular weight is 464 g/mol. The normalized spacial score (nSPS) is 18.8. The molecule has 13 heteroatoms. The number of alkyl halides is 3. The number of para-hydroxylation sites is 1. The number of nitrogens with one attached hydrogen (secondary N) is 1. The van der Waals surface area contributed by atoms with E-state index in [1.54, 1.807) is 11.9 Å². The molecule has 33 heavy (non-hydrogen) atoms. The molecule has 2 heterocycles. The van der Waals surface area contributed by atoms with E-state index in [1.165, 1.54) is 0 Å². The van der Waals surface area contributed by atoms with E-state index in [0.29, 0.717) is 31.6 Å². The lowest BCUT2D eigenvalue weighted by molar-refractivity contribution is -0.187. The topological polar surface area (TPSA) is 128 Å². The van der Waals surface area contributed by atoms with Gasteiger partial charge in [0.2, 0.25) is 23.5 Å². The summed E-state index contributed by atoms with van der Waals surface area (Å²) in [6.45, 7) is -1.22. The smallest absolute Gasteiger partial charge is 0.369 e. The quantitative estimate of drug-likeness (QED) is 0.535. The van der Waals surface area contributed by atoms with Crippen LogP contribution in [0.15, 0.2) is 34.9 Å². The Morgan fingerprint density at radius 3 is 2.48 bits per heavy atom. The Hall–Kier alpha value is -3.48. The number of ether oxygens (including phenoxy) is 1. The van der Waals surface area contributed by atoms with Crippen LogP contribution in [0, 0.1) is 0 Å². The highest BCUT2D eigenvalue weighted by molar-refractivity contribution is 5.59. The molecule has 0 bridgehead atoms. The number of aromatic nitrogens is 5. The molecule has 1 aliphatic rings. The fraction of sp³-hybridized carbons (Fsp3) is 0.450. The van der Waals surface area contributed by atoms with E-state index < -0.39 is 18.9 Å². The summed E-state index contributed by atoms with van der Waals surface area (Å²) in [5, 5.41) is 7.02. The van der Waals surface area contributed by atoms with Gasteiger partial charge in [-0.1, -0.05) is 23.4 Å². The first-order valence-electron chi connectivity index (χ1n) is 10.4. The van der Waals surface area contributed by atoms with Crippen LogP contribution in [0.4, 0.5) is 36.8 Å². The van der Waals surface area contributed by atoms with E-state index in [1.807, 2.05) is 30.3 Å².